The smallest absolute Gasteiger partial charge is 0.296 e. The van der Waals surface area contributed by atoms with Crippen molar-refractivity contribution < 1.29 is 33.8 Å². The summed E-state index contributed by atoms with van der Waals surface area (Å²) in [7, 11) is 4.29. The molecule has 1 unspecified atom stereocenters. The molecular weight excluding hydrogens is 482 g/mol. The van der Waals surface area contributed by atoms with E-state index in [4.69, 9.17) is 14.2 Å². The zero-order valence-corrected chi connectivity index (χ0v) is 20.2. The van der Waals surface area contributed by atoms with Gasteiger partial charge in [0.05, 0.1) is 50.1 Å². The van der Waals surface area contributed by atoms with Gasteiger partial charge < -0.3 is 24.2 Å². The average Bonchev–Trinajstić information content (AvgIpc) is 3.17. The third-order valence-electron chi connectivity index (χ3n) is 5.93. The number of methoxy groups -OCH3 is 3. The van der Waals surface area contributed by atoms with Crippen molar-refractivity contribution in [3.8, 4) is 17.2 Å². The molecule has 1 fully saturated rings. The summed E-state index contributed by atoms with van der Waals surface area (Å²) in [5.74, 6) is -1.51. The normalized spacial score (nSPS) is 16.5. The molecule has 0 bridgehead atoms. The molecule has 37 heavy (non-hydrogen) atoms. The summed E-state index contributed by atoms with van der Waals surface area (Å²) >= 11 is 0. The first-order valence-electron chi connectivity index (χ1n) is 11.0. The van der Waals surface area contributed by atoms with Crippen LogP contribution in [0.3, 0.4) is 0 Å². The van der Waals surface area contributed by atoms with Crippen molar-refractivity contribution in [1.29, 1.82) is 0 Å². The second kappa shape index (κ2) is 10.4. The van der Waals surface area contributed by atoms with E-state index in [0.717, 1.165) is 6.07 Å². The number of aliphatic hydroxyl groups excluding tert-OH is 1. The Hall–Kier alpha value is -4.93. The number of nitro benzene ring substituents is 1. The van der Waals surface area contributed by atoms with E-state index in [0.29, 0.717) is 17.0 Å². The van der Waals surface area contributed by atoms with Crippen LogP contribution in [0.1, 0.15) is 22.9 Å². The van der Waals surface area contributed by atoms with Crippen molar-refractivity contribution in [3.63, 3.8) is 0 Å². The van der Waals surface area contributed by atoms with E-state index in [1.165, 1.54) is 44.4 Å². The fourth-order valence-corrected chi connectivity index (χ4v) is 4.24. The molecule has 2 heterocycles. The number of pyridine rings is 1. The highest BCUT2D eigenvalue weighted by atomic mass is 16.6. The Morgan fingerprint density at radius 3 is 2.30 bits per heavy atom. The largest absolute Gasteiger partial charge is 0.507 e. The SMILES string of the molecule is COc1cc(C2/C(=C(\O)c3cccc([N+](=O)[O-])c3)C(=O)C(=O)N2Cc2ccccn2)cc(OC)c1OC. The molecule has 1 amide bonds. The van der Waals surface area contributed by atoms with Crippen LogP contribution in [-0.4, -0.2) is 52.9 Å². The first-order valence-corrected chi connectivity index (χ1v) is 11.0. The summed E-state index contributed by atoms with van der Waals surface area (Å²) in [4.78, 5) is 42.8. The number of carbonyl (C=O) groups is 2. The molecule has 0 radical (unpaired) electrons. The number of nitrogens with zero attached hydrogens (tertiary/aromatic N) is 3. The molecule has 3 aromatic rings. The molecule has 0 saturated carbocycles. The Labute approximate surface area is 211 Å². The summed E-state index contributed by atoms with van der Waals surface area (Å²) < 4.78 is 16.3. The van der Waals surface area contributed by atoms with Gasteiger partial charge >= 0.3 is 0 Å². The molecule has 1 aromatic heterocycles. The summed E-state index contributed by atoms with van der Waals surface area (Å²) in [5.41, 5.74) is 0.392. The van der Waals surface area contributed by atoms with Gasteiger partial charge in [0.25, 0.3) is 17.4 Å². The Morgan fingerprint density at radius 2 is 1.73 bits per heavy atom. The van der Waals surface area contributed by atoms with Crippen molar-refractivity contribution in [2.24, 2.45) is 0 Å². The van der Waals surface area contributed by atoms with Crippen molar-refractivity contribution in [2.45, 2.75) is 12.6 Å². The first kappa shape index (κ1) is 25.2. The van der Waals surface area contributed by atoms with Crippen LogP contribution in [-0.2, 0) is 16.1 Å². The van der Waals surface area contributed by atoms with Gasteiger partial charge in [0, 0.05) is 23.9 Å². The highest BCUT2D eigenvalue weighted by Crippen LogP contribution is 2.46. The summed E-state index contributed by atoms with van der Waals surface area (Å²) in [6, 6.07) is 12.4. The summed E-state index contributed by atoms with van der Waals surface area (Å²) in [5, 5.41) is 22.5. The Bertz CT molecular complexity index is 1380. The number of non-ortho nitro benzene ring substituents is 1. The van der Waals surface area contributed by atoms with Crippen LogP contribution >= 0.6 is 0 Å². The first-order chi connectivity index (χ1) is 17.8. The van der Waals surface area contributed by atoms with Gasteiger partial charge in [-0.1, -0.05) is 18.2 Å². The van der Waals surface area contributed by atoms with Gasteiger partial charge in [0.2, 0.25) is 5.75 Å². The van der Waals surface area contributed by atoms with Gasteiger partial charge in [-0.3, -0.25) is 24.7 Å². The molecule has 0 aliphatic carbocycles. The zero-order chi connectivity index (χ0) is 26.7. The lowest BCUT2D eigenvalue weighted by molar-refractivity contribution is -0.384. The standard InChI is InChI=1S/C26H23N3O8/c1-35-19-12-16(13-20(36-2)25(19)37-3)22-21(23(30)15-7-6-9-18(11-15)29(33)34)24(31)26(32)28(22)14-17-8-4-5-10-27-17/h4-13,22,30H,14H2,1-3H3/b23-21+. The number of hydrogen-bond donors (Lipinski definition) is 1. The number of Topliss-reactive ketones (excluding diaryl/α,β-unsaturated/α-hetero) is 1. The van der Waals surface area contributed by atoms with Crippen LogP contribution in [0.25, 0.3) is 5.76 Å². The fraction of sp³-hybridized carbons (Fsp3) is 0.192. The Morgan fingerprint density at radius 1 is 1.03 bits per heavy atom. The number of ether oxygens (including phenoxy) is 3. The van der Waals surface area contributed by atoms with E-state index < -0.39 is 28.4 Å². The van der Waals surface area contributed by atoms with Crippen molar-refractivity contribution >= 4 is 23.1 Å². The lowest BCUT2D eigenvalue weighted by atomic mass is 9.94. The van der Waals surface area contributed by atoms with Crippen molar-refractivity contribution in [1.82, 2.24) is 9.88 Å². The number of aliphatic hydroxyl groups is 1. The topological polar surface area (TPSA) is 141 Å². The van der Waals surface area contributed by atoms with Gasteiger partial charge in [0.15, 0.2) is 11.5 Å². The summed E-state index contributed by atoms with van der Waals surface area (Å²) in [6.07, 6.45) is 1.56. The maximum atomic E-state index is 13.3. The predicted octanol–water partition coefficient (Wildman–Crippen LogP) is 3.64. The number of amides is 1. The number of nitro groups is 1. The second-order valence-corrected chi connectivity index (χ2v) is 8.01. The maximum absolute atomic E-state index is 13.3. The molecule has 4 rings (SSSR count). The second-order valence-electron chi connectivity index (χ2n) is 8.01. The molecule has 1 aliphatic heterocycles. The van der Waals surface area contributed by atoms with Crippen LogP contribution in [0, 0.1) is 10.1 Å². The molecule has 1 aliphatic rings. The molecule has 1 saturated heterocycles. The van der Waals surface area contributed by atoms with E-state index in [1.807, 2.05) is 0 Å². The highest BCUT2D eigenvalue weighted by Gasteiger charge is 2.46. The van der Waals surface area contributed by atoms with E-state index in [1.54, 1.807) is 36.5 Å². The van der Waals surface area contributed by atoms with E-state index in [2.05, 4.69) is 4.98 Å². The average molecular weight is 505 g/mol. The van der Waals surface area contributed by atoms with E-state index in [9.17, 15) is 24.8 Å². The van der Waals surface area contributed by atoms with Crippen LogP contribution < -0.4 is 14.2 Å². The Kier molecular flexibility index (Phi) is 7.05. The number of carbonyl (C=O) groups excluding carboxylic acids is 2. The van der Waals surface area contributed by atoms with Gasteiger partial charge in [-0.15, -0.1) is 0 Å². The van der Waals surface area contributed by atoms with Gasteiger partial charge in [-0.25, -0.2) is 0 Å². The van der Waals surface area contributed by atoms with Gasteiger partial charge in [0.1, 0.15) is 5.76 Å². The number of ketones is 1. The highest BCUT2D eigenvalue weighted by molar-refractivity contribution is 6.46. The van der Waals surface area contributed by atoms with Crippen molar-refractivity contribution in [3.05, 3.63) is 93.3 Å². The van der Waals surface area contributed by atoms with Crippen LogP contribution in [0.2, 0.25) is 0 Å². The third-order valence-corrected chi connectivity index (χ3v) is 5.93. The number of hydrogen-bond acceptors (Lipinski definition) is 9. The summed E-state index contributed by atoms with van der Waals surface area (Å²) in [6.45, 7) is -0.0432. The monoisotopic (exact) mass is 505 g/mol. The number of aromatic nitrogens is 1. The molecule has 1 atom stereocenters. The minimum atomic E-state index is -1.09. The fourth-order valence-electron chi connectivity index (χ4n) is 4.24. The van der Waals surface area contributed by atoms with Gasteiger partial charge in [-0.05, 0) is 29.8 Å². The van der Waals surface area contributed by atoms with Crippen LogP contribution in [0.5, 0.6) is 17.2 Å². The number of rotatable bonds is 8. The third kappa shape index (κ3) is 4.66. The molecule has 0 spiro atoms. The number of likely N-dealkylation sites (tertiary alicyclic amines) is 1. The van der Waals surface area contributed by atoms with Crippen LogP contribution in [0.15, 0.2) is 66.4 Å². The van der Waals surface area contributed by atoms with E-state index >= 15 is 0 Å². The molecular formula is C26H23N3O8. The zero-order valence-electron chi connectivity index (χ0n) is 20.2. The Balaban J connectivity index is 1.96. The minimum absolute atomic E-state index is 0.0162. The molecule has 1 N–H and O–H groups in total. The van der Waals surface area contributed by atoms with Crippen LogP contribution in [0.4, 0.5) is 5.69 Å². The lowest BCUT2D eigenvalue weighted by Gasteiger charge is -2.26. The molecule has 2 aromatic carbocycles. The van der Waals surface area contributed by atoms with Gasteiger partial charge in [-0.2, -0.15) is 0 Å². The molecule has 11 nitrogen and oxygen atoms in total. The maximum Gasteiger partial charge on any atom is 0.296 e. The lowest BCUT2D eigenvalue weighted by Crippen LogP contribution is -2.29. The minimum Gasteiger partial charge on any atom is -0.507 e. The van der Waals surface area contributed by atoms with Crippen molar-refractivity contribution in [2.75, 3.05) is 21.3 Å². The predicted molar refractivity (Wildman–Crippen MR) is 131 cm³/mol. The number of benzene rings is 2. The molecule has 190 valence electrons. The van der Waals surface area contributed by atoms with E-state index in [-0.39, 0.29) is 34.9 Å². The quantitative estimate of drug-likeness (QED) is 0.160. The molecule has 11 heteroatoms.